The van der Waals surface area contributed by atoms with Crippen LogP contribution in [0, 0.1) is 0 Å². The summed E-state index contributed by atoms with van der Waals surface area (Å²) in [5.41, 5.74) is 0.511. The highest BCUT2D eigenvalue weighted by molar-refractivity contribution is 7.86. The summed E-state index contributed by atoms with van der Waals surface area (Å²) in [7, 11) is -0.104. The normalized spacial score (nSPS) is 11.2. The summed E-state index contributed by atoms with van der Waals surface area (Å²) in [6, 6.07) is 12.3. The zero-order chi connectivity index (χ0) is 21.2. The number of hydrogen-bond acceptors (Lipinski definition) is 6. The van der Waals surface area contributed by atoms with Crippen LogP contribution in [0.4, 0.5) is 5.69 Å². The van der Waals surface area contributed by atoms with E-state index in [4.69, 9.17) is 14.2 Å². The molecule has 0 spiro atoms. The van der Waals surface area contributed by atoms with E-state index >= 15 is 0 Å². The van der Waals surface area contributed by atoms with E-state index in [2.05, 4.69) is 5.32 Å². The summed E-state index contributed by atoms with van der Waals surface area (Å²) < 4.78 is 48.6. The molecule has 29 heavy (non-hydrogen) atoms. The lowest BCUT2D eigenvalue weighted by molar-refractivity contribution is 0.102. The Morgan fingerprint density at radius 1 is 0.897 bits per heavy atom. The van der Waals surface area contributed by atoms with E-state index < -0.39 is 16.0 Å². The van der Waals surface area contributed by atoms with E-state index in [0.717, 1.165) is 0 Å². The number of carbonyl (C=O) groups is 1. The summed E-state index contributed by atoms with van der Waals surface area (Å²) in [5, 5.41) is 3.48. The third-order valence-corrected chi connectivity index (χ3v) is 5.26. The number of fused-ring (bicyclic) bond motifs is 1. The van der Waals surface area contributed by atoms with Gasteiger partial charge in [0.05, 0.1) is 21.3 Å². The van der Waals surface area contributed by atoms with Crippen molar-refractivity contribution < 1.29 is 32.0 Å². The summed E-state index contributed by atoms with van der Waals surface area (Å²) in [6.07, 6.45) is 0. The summed E-state index contributed by atoms with van der Waals surface area (Å²) in [5.74, 6) is 0.430. The van der Waals surface area contributed by atoms with Crippen molar-refractivity contribution in [2.75, 3.05) is 26.6 Å². The third kappa shape index (κ3) is 3.96. The van der Waals surface area contributed by atoms with Crippen LogP contribution in [0.5, 0.6) is 17.2 Å². The summed E-state index contributed by atoms with van der Waals surface area (Å²) >= 11 is 0. The maximum absolute atomic E-state index is 13.0. The van der Waals surface area contributed by atoms with Crippen LogP contribution in [-0.2, 0) is 10.1 Å². The Morgan fingerprint density at radius 3 is 2.00 bits per heavy atom. The summed E-state index contributed by atoms with van der Waals surface area (Å²) in [4.78, 5) is 12.8. The molecule has 3 aromatic carbocycles. The lowest BCUT2D eigenvalue weighted by Gasteiger charge is -2.16. The fourth-order valence-electron chi connectivity index (χ4n) is 3.02. The molecule has 1 amide bonds. The SMILES string of the molecule is COc1cc(OC)c(C(=O)Nc2ccc(S(=O)(=O)O)c3ccccc23)c(OC)c1. The predicted molar refractivity (Wildman–Crippen MR) is 108 cm³/mol. The third-order valence-electron chi connectivity index (χ3n) is 4.35. The van der Waals surface area contributed by atoms with Crippen molar-refractivity contribution in [2.24, 2.45) is 0 Å². The van der Waals surface area contributed by atoms with Gasteiger partial charge in [-0.1, -0.05) is 24.3 Å². The molecule has 3 rings (SSSR count). The van der Waals surface area contributed by atoms with E-state index in [1.54, 1.807) is 36.4 Å². The van der Waals surface area contributed by atoms with Gasteiger partial charge in [-0.15, -0.1) is 0 Å². The van der Waals surface area contributed by atoms with Gasteiger partial charge in [0.2, 0.25) is 0 Å². The second-order valence-electron chi connectivity index (χ2n) is 5.99. The number of rotatable bonds is 6. The highest BCUT2D eigenvalue weighted by atomic mass is 32.2. The lowest BCUT2D eigenvalue weighted by Crippen LogP contribution is -2.15. The van der Waals surface area contributed by atoms with E-state index in [9.17, 15) is 17.8 Å². The molecule has 0 aliphatic carbocycles. The van der Waals surface area contributed by atoms with Crippen LogP contribution in [0.1, 0.15) is 10.4 Å². The Labute approximate surface area is 167 Å². The molecule has 152 valence electrons. The molecule has 0 aromatic heterocycles. The second kappa shape index (κ2) is 7.98. The fourth-order valence-corrected chi connectivity index (χ4v) is 3.72. The standard InChI is InChI=1S/C20H19NO7S/c1-26-12-10-16(27-2)19(17(11-12)28-3)20(22)21-15-8-9-18(29(23,24)25)14-7-5-4-6-13(14)15/h4-11H,1-3H3,(H,21,22)(H,23,24,25). The number of methoxy groups -OCH3 is 3. The minimum Gasteiger partial charge on any atom is -0.496 e. The maximum atomic E-state index is 13.0. The molecule has 0 aliphatic rings. The topological polar surface area (TPSA) is 111 Å². The highest BCUT2D eigenvalue weighted by Crippen LogP contribution is 2.36. The minimum atomic E-state index is -4.42. The van der Waals surface area contributed by atoms with Crippen molar-refractivity contribution in [2.45, 2.75) is 4.90 Å². The van der Waals surface area contributed by atoms with Crippen molar-refractivity contribution in [1.82, 2.24) is 0 Å². The molecule has 0 saturated heterocycles. The number of anilines is 1. The van der Waals surface area contributed by atoms with Gasteiger partial charge in [0, 0.05) is 28.6 Å². The first-order valence-corrected chi connectivity index (χ1v) is 9.84. The Balaban J connectivity index is 2.10. The largest absolute Gasteiger partial charge is 0.496 e. The van der Waals surface area contributed by atoms with Gasteiger partial charge in [-0.05, 0) is 12.1 Å². The van der Waals surface area contributed by atoms with Crippen molar-refractivity contribution in [1.29, 1.82) is 0 Å². The molecule has 0 heterocycles. The first-order valence-electron chi connectivity index (χ1n) is 8.40. The zero-order valence-corrected chi connectivity index (χ0v) is 16.7. The second-order valence-corrected chi connectivity index (χ2v) is 7.38. The van der Waals surface area contributed by atoms with Gasteiger partial charge in [-0.3, -0.25) is 9.35 Å². The average Bonchev–Trinajstić information content (AvgIpc) is 2.71. The number of benzene rings is 3. The van der Waals surface area contributed by atoms with Crippen molar-refractivity contribution in [3.05, 3.63) is 54.1 Å². The summed E-state index contributed by atoms with van der Waals surface area (Å²) in [6.45, 7) is 0. The molecule has 2 N–H and O–H groups in total. The molecule has 0 atom stereocenters. The zero-order valence-electron chi connectivity index (χ0n) is 15.9. The molecule has 0 saturated carbocycles. The molecule has 0 fully saturated rings. The first kappa shape index (κ1) is 20.4. The molecule has 0 unspecified atom stereocenters. The van der Waals surface area contributed by atoms with E-state index in [-0.39, 0.29) is 27.3 Å². The van der Waals surface area contributed by atoms with E-state index in [0.29, 0.717) is 16.8 Å². The van der Waals surface area contributed by atoms with Gasteiger partial charge in [0.15, 0.2) is 0 Å². The molecule has 3 aromatic rings. The van der Waals surface area contributed by atoms with Crippen LogP contribution in [0.15, 0.2) is 53.4 Å². The van der Waals surface area contributed by atoms with Gasteiger partial charge in [-0.2, -0.15) is 8.42 Å². The average molecular weight is 417 g/mol. The molecule has 0 radical (unpaired) electrons. The number of carbonyl (C=O) groups excluding carboxylic acids is 1. The van der Waals surface area contributed by atoms with Gasteiger partial charge < -0.3 is 19.5 Å². The van der Waals surface area contributed by atoms with Crippen molar-refractivity contribution >= 4 is 32.5 Å². The van der Waals surface area contributed by atoms with Crippen molar-refractivity contribution in [3.63, 3.8) is 0 Å². The Morgan fingerprint density at radius 2 is 1.48 bits per heavy atom. The smallest absolute Gasteiger partial charge is 0.295 e. The van der Waals surface area contributed by atoms with Crippen LogP contribution in [0.25, 0.3) is 10.8 Å². The van der Waals surface area contributed by atoms with E-state index in [1.807, 2.05) is 0 Å². The molecule has 8 nitrogen and oxygen atoms in total. The van der Waals surface area contributed by atoms with Gasteiger partial charge in [0.1, 0.15) is 27.7 Å². The van der Waals surface area contributed by atoms with Gasteiger partial charge in [0.25, 0.3) is 16.0 Å². The highest BCUT2D eigenvalue weighted by Gasteiger charge is 2.22. The molecule has 0 bridgehead atoms. The van der Waals surface area contributed by atoms with Crippen molar-refractivity contribution in [3.8, 4) is 17.2 Å². The van der Waals surface area contributed by atoms with E-state index in [1.165, 1.54) is 33.5 Å². The van der Waals surface area contributed by atoms with Gasteiger partial charge >= 0.3 is 0 Å². The molecular formula is C20H19NO7S. The monoisotopic (exact) mass is 417 g/mol. The van der Waals surface area contributed by atoms with Crippen LogP contribution in [0.3, 0.4) is 0 Å². The Hall–Kier alpha value is -3.30. The van der Waals surface area contributed by atoms with Crippen LogP contribution < -0.4 is 19.5 Å². The van der Waals surface area contributed by atoms with Crippen LogP contribution in [0.2, 0.25) is 0 Å². The van der Waals surface area contributed by atoms with Gasteiger partial charge in [-0.25, -0.2) is 0 Å². The predicted octanol–water partition coefficient (Wildman–Crippen LogP) is 3.36. The first-order chi connectivity index (χ1) is 13.8. The molecular weight excluding hydrogens is 398 g/mol. The van der Waals surface area contributed by atoms with Crippen LogP contribution in [-0.4, -0.2) is 40.2 Å². The number of nitrogens with one attached hydrogen (secondary N) is 1. The minimum absolute atomic E-state index is 0.152. The fraction of sp³-hybridized carbons (Fsp3) is 0.150. The maximum Gasteiger partial charge on any atom is 0.295 e. The quantitative estimate of drug-likeness (QED) is 0.592. The Bertz CT molecular complexity index is 1160. The number of ether oxygens (including phenoxy) is 3. The van der Waals surface area contributed by atoms with Crippen LogP contribution >= 0.6 is 0 Å². The Kier molecular flexibility index (Phi) is 5.62. The number of amides is 1. The number of hydrogen-bond donors (Lipinski definition) is 2. The molecule has 0 aliphatic heterocycles. The molecule has 9 heteroatoms. The lowest BCUT2D eigenvalue weighted by atomic mass is 10.1.